The largest absolute Gasteiger partial charge is 0.399 e. The van der Waals surface area contributed by atoms with Gasteiger partial charge in [0.05, 0.1) is 0 Å². The first-order valence-electron chi connectivity index (χ1n) is 4.09. The molecule has 0 bridgehead atoms. The minimum absolute atomic E-state index is 0.581. The molecule has 0 saturated heterocycles. The van der Waals surface area contributed by atoms with Crippen LogP contribution in [-0.2, 0) is 7.05 Å². The summed E-state index contributed by atoms with van der Waals surface area (Å²) in [5, 5.41) is 4.10. The number of benzene rings is 1. The molecule has 4 nitrogen and oxygen atoms in total. The molecule has 0 unspecified atom stereocenters. The molecular formula is C9H9BrN4. The van der Waals surface area contributed by atoms with Crippen LogP contribution in [-0.4, -0.2) is 14.8 Å². The quantitative estimate of drug-likeness (QED) is 0.789. The van der Waals surface area contributed by atoms with E-state index in [0.717, 1.165) is 17.1 Å². The molecular weight excluding hydrogens is 244 g/mol. The lowest BCUT2D eigenvalue weighted by molar-refractivity contribution is 0.768. The van der Waals surface area contributed by atoms with E-state index >= 15 is 0 Å². The standard InChI is InChI=1S/C9H9BrN4/c1-14-8(12-9(10)13-14)6-3-2-4-7(11)5-6/h2-5H,11H2,1H3. The van der Waals surface area contributed by atoms with Crippen LogP contribution >= 0.6 is 15.9 Å². The van der Waals surface area contributed by atoms with Crippen molar-refractivity contribution in [2.45, 2.75) is 0 Å². The third-order valence-electron chi connectivity index (χ3n) is 1.88. The van der Waals surface area contributed by atoms with Gasteiger partial charge in [-0.25, -0.2) is 9.67 Å². The van der Waals surface area contributed by atoms with Crippen molar-refractivity contribution in [2.24, 2.45) is 7.05 Å². The summed E-state index contributed by atoms with van der Waals surface area (Å²) in [6, 6.07) is 7.56. The van der Waals surface area contributed by atoms with Crippen LogP contribution in [0.2, 0.25) is 0 Å². The second-order valence-electron chi connectivity index (χ2n) is 2.95. The van der Waals surface area contributed by atoms with E-state index < -0.39 is 0 Å². The molecule has 0 fully saturated rings. The summed E-state index contributed by atoms with van der Waals surface area (Å²) in [6.07, 6.45) is 0. The molecule has 72 valence electrons. The first kappa shape index (κ1) is 9.21. The average molecular weight is 253 g/mol. The average Bonchev–Trinajstić information content (AvgIpc) is 2.45. The van der Waals surface area contributed by atoms with E-state index in [4.69, 9.17) is 5.73 Å². The van der Waals surface area contributed by atoms with Crippen molar-refractivity contribution in [3.05, 3.63) is 29.0 Å². The maximum atomic E-state index is 5.68. The Morgan fingerprint density at radius 3 is 2.79 bits per heavy atom. The highest BCUT2D eigenvalue weighted by atomic mass is 79.9. The van der Waals surface area contributed by atoms with Crippen LogP contribution in [0.1, 0.15) is 0 Å². The number of aromatic nitrogens is 3. The van der Waals surface area contributed by atoms with E-state index in [0.29, 0.717) is 4.73 Å². The fourth-order valence-corrected chi connectivity index (χ4v) is 1.69. The Morgan fingerprint density at radius 1 is 1.43 bits per heavy atom. The summed E-state index contributed by atoms with van der Waals surface area (Å²) >= 11 is 3.22. The van der Waals surface area contributed by atoms with Gasteiger partial charge in [-0.05, 0) is 28.1 Å². The summed E-state index contributed by atoms with van der Waals surface area (Å²) in [4.78, 5) is 4.23. The van der Waals surface area contributed by atoms with Gasteiger partial charge in [-0.15, -0.1) is 5.10 Å². The third-order valence-corrected chi connectivity index (χ3v) is 2.22. The summed E-state index contributed by atoms with van der Waals surface area (Å²) in [5.41, 5.74) is 7.37. The van der Waals surface area contributed by atoms with Crippen LogP contribution in [0.3, 0.4) is 0 Å². The van der Waals surface area contributed by atoms with E-state index in [1.54, 1.807) is 4.68 Å². The van der Waals surface area contributed by atoms with Crippen molar-refractivity contribution in [1.29, 1.82) is 0 Å². The normalized spacial score (nSPS) is 10.4. The first-order valence-corrected chi connectivity index (χ1v) is 4.88. The zero-order chi connectivity index (χ0) is 10.1. The SMILES string of the molecule is Cn1nc(Br)nc1-c1cccc(N)c1. The van der Waals surface area contributed by atoms with Crippen LogP contribution in [0.15, 0.2) is 29.0 Å². The van der Waals surface area contributed by atoms with Gasteiger partial charge in [0, 0.05) is 18.3 Å². The van der Waals surface area contributed by atoms with Gasteiger partial charge >= 0.3 is 0 Å². The maximum absolute atomic E-state index is 5.68. The number of anilines is 1. The number of hydrogen-bond donors (Lipinski definition) is 1. The maximum Gasteiger partial charge on any atom is 0.217 e. The Morgan fingerprint density at radius 2 is 2.21 bits per heavy atom. The van der Waals surface area contributed by atoms with Crippen molar-refractivity contribution >= 4 is 21.6 Å². The number of nitrogen functional groups attached to an aromatic ring is 1. The summed E-state index contributed by atoms with van der Waals surface area (Å²) < 4.78 is 2.29. The summed E-state index contributed by atoms with van der Waals surface area (Å²) in [7, 11) is 1.84. The van der Waals surface area contributed by atoms with Crippen molar-refractivity contribution in [3.8, 4) is 11.4 Å². The van der Waals surface area contributed by atoms with Crippen LogP contribution in [0.5, 0.6) is 0 Å². The van der Waals surface area contributed by atoms with Gasteiger partial charge in [0.15, 0.2) is 5.82 Å². The van der Waals surface area contributed by atoms with Gasteiger partial charge in [0.1, 0.15) is 0 Å². The molecule has 0 aliphatic rings. The fraction of sp³-hybridized carbons (Fsp3) is 0.111. The molecule has 0 amide bonds. The molecule has 2 rings (SSSR count). The Hall–Kier alpha value is -1.36. The topological polar surface area (TPSA) is 56.7 Å². The number of aryl methyl sites for hydroxylation is 1. The molecule has 5 heteroatoms. The van der Waals surface area contributed by atoms with Gasteiger partial charge in [-0.3, -0.25) is 0 Å². The summed E-state index contributed by atoms with van der Waals surface area (Å²) in [5.74, 6) is 0.796. The second kappa shape index (κ2) is 3.42. The fourth-order valence-electron chi connectivity index (χ4n) is 1.28. The molecule has 0 aliphatic heterocycles. The van der Waals surface area contributed by atoms with Crippen LogP contribution in [0.25, 0.3) is 11.4 Å². The molecule has 14 heavy (non-hydrogen) atoms. The molecule has 1 heterocycles. The molecule has 0 saturated carbocycles. The lowest BCUT2D eigenvalue weighted by Gasteiger charge is -2.00. The van der Waals surface area contributed by atoms with Crippen LogP contribution in [0.4, 0.5) is 5.69 Å². The Bertz CT molecular complexity index is 464. The number of hydrogen-bond acceptors (Lipinski definition) is 3. The second-order valence-corrected chi connectivity index (χ2v) is 3.66. The molecule has 1 aromatic heterocycles. The van der Waals surface area contributed by atoms with E-state index in [1.807, 2.05) is 31.3 Å². The van der Waals surface area contributed by atoms with Crippen molar-refractivity contribution < 1.29 is 0 Å². The lowest BCUT2D eigenvalue weighted by Crippen LogP contribution is -1.95. The monoisotopic (exact) mass is 252 g/mol. The van der Waals surface area contributed by atoms with Crippen LogP contribution < -0.4 is 5.73 Å². The van der Waals surface area contributed by atoms with Crippen molar-refractivity contribution in [2.75, 3.05) is 5.73 Å². The lowest BCUT2D eigenvalue weighted by atomic mass is 10.2. The van der Waals surface area contributed by atoms with Crippen molar-refractivity contribution in [1.82, 2.24) is 14.8 Å². The van der Waals surface area contributed by atoms with Gasteiger partial charge in [0.2, 0.25) is 4.73 Å². The number of halogens is 1. The van der Waals surface area contributed by atoms with E-state index in [2.05, 4.69) is 26.0 Å². The smallest absolute Gasteiger partial charge is 0.217 e. The van der Waals surface area contributed by atoms with Gasteiger partial charge in [-0.1, -0.05) is 12.1 Å². The van der Waals surface area contributed by atoms with E-state index in [1.165, 1.54) is 0 Å². The highest BCUT2D eigenvalue weighted by Crippen LogP contribution is 2.20. The third kappa shape index (κ3) is 1.63. The predicted octanol–water partition coefficient (Wildman–Crippen LogP) is 1.83. The van der Waals surface area contributed by atoms with Gasteiger partial charge in [0.25, 0.3) is 0 Å². The Kier molecular flexibility index (Phi) is 2.25. The Balaban J connectivity index is 2.54. The van der Waals surface area contributed by atoms with Gasteiger partial charge in [-0.2, -0.15) is 0 Å². The highest BCUT2D eigenvalue weighted by molar-refractivity contribution is 9.10. The molecule has 0 radical (unpaired) electrons. The number of nitrogens with zero attached hydrogens (tertiary/aromatic N) is 3. The Labute approximate surface area is 89.9 Å². The first-order chi connectivity index (χ1) is 6.66. The van der Waals surface area contributed by atoms with Crippen LogP contribution in [0, 0.1) is 0 Å². The van der Waals surface area contributed by atoms with Crippen molar-refractivity contribution in [3.63, 3.8) is 0 Å². The highest BCUT2D eigenvalue weighted by Gasteiger charge is 2.06. The predicted molar refractivity (Wildman–Crippen MR) is 58.6 cm³/mol. The molecule has 0 aliphatic carbocycles. The molecule has 2 aromatic rings. The zero-order valence-electron chi connectivity index (χ0n) is 7.61. The molecule has 0 spiro atoms. The number of nitrogens with two attached hydrogens (primary N) is 1. The zero-order valence-corrected chi connectivity index (χ0v) is 9.19. The van der Waals surface area contributed by atoms with E-state index in [-0.39, 0.29) is 0 Å². The minimum atomic E-state index is 0.581. The van der Waals surface area contributed by atoms with Gasteiger partial charge < -0.3 is 5.73 Å². The van der Waals surface area contributed by atoms with E-state index in [9.17, 15) is 0 Å². The molecule has 1 aromatic carbocycles. The molecule has 2 N–H and O–H groups in total. The number of rotatable bonds is 1. The summed E-state index contributed by atoms with van der Waals surface area (Å²) in [6.45, 7) is 0. The molecule has 0 atom stereocenters. The minimum Gasteiger partial charge on any atom is -0.399 e.